The van der Waals surface area contributed by atoms with Crippen LogP contribution < -0.4 is 0 Å². The van der Waals surface area contributed by atoms with Crippen LogP contribution in [-0.4, -0.2) is 17.3 Å². The maximum absolute atomic E-state index is 13.6. The van der Waals surface area contributed by atoms with E-state index in [1.54, 1.807) is 12.1 Å². The molecule has 4 heteroatoms. The van der Waals surface area contributed by atoms with Gasteiger partial charge in [0.15, 0.2) is 0 Å². The average Bonchev–Trinajstić information content (AvgIpc) is 2.50. The molecule has 1 heterocycles. The topological polar surface area (TPSA) is 29.5 Å². The van der Waals surface area contributed by atoms with Crippen LogP contribution in [0.3, 0.4) is 0 Å². The standard InChI is InChI=1S/C17H22ClFO2/c18-15-13(5-4-6-14(15)19)16(20)12-7-10-21-17(11-12)8-2-1-3-9-17/h4-6,12,16,20H,1-3,7-11H2. The Balaban J connectivity index is 1.78. The molecule has 1 saturated carbocycles. The van der Waals surface area contributed by atoms with Gasteiger partial charge in [0.1, 0.15) is 5.82 Å². The smallest absolute Gasteiger partial charge is 0.142 e. The number of hydrogen-bond acceptors (Lipinski definition) is 2. The van der Waals surface area contributed by atoms with Crippen LogP contribution in [0, 0.1) is 11.7 Å². The molecule has 116 valence electrons. The Morgan fingerprint density at radius 1 is 1.29 bits per heavy atom. The zero-order valence-electron chi connectivity index (χ0n) is 12.2. The molecule has 1 N–H and O–H groups in total. The van der Waals surface area contributed by atoms with Crippen LogP contribution in [0.1, 0.15) is 56.6 Å². The summed E-state index contributed by atoms with van der Waals surface area (Å²) in [5, 5.41) is 10.7. The molecule has 3 rings (SSSR count). The van der Waals surface area contributed by atoms with Gasteiger partial charge in [-0.1, -0.05) is 43.0 Å². The third kappa shape index (κ3) is 3.10. The van der Waals surface area contributed by atoms with Gasteiger partial charge in [-0.2, -0.15) is 0 Å². The maximum atomic E-state index is 13.6. The number of rotatable bonds is 2. The minimum Gasteiger partial charge on any atom is -0.388 e. The van der Waals surface area contributed by atoms with E-state index in [2.05, 4.69) is 0 Å². The second kappa shape index (κ2) is 6.23. The highest BCUT2D eigenvalue weighted by atomic mass is 35.5. The largest absolute Gasteiger partial charge is 0.388 e. The minimum atomic E-state index is -0.712. The van der Waals surface area contributed by atoms with Crippen molar-refractivity contribution in [2.45, 2.75) is 56.7 Å². The molecule has 1 spiro atoms. The van der Waals surface area contributed by atoms with Crippen LogP contribution in [0.2, 0.25) is 5.02 Å². The number of benzene rings is 1. The molecule has 1 aliphatic carbocycles. The van der Waals surface area contributed by atoms with Gasteiger partial charge in [-0.25, -0.2) is 4.39 Å². The first-order valence-electron chi connectivity index (χ1n) is 7.87. The van der Waals surface area contributed by atoms with Crippen LogP contribution >= 0.6 is 11.6 Å². The van der Waals surface area contributed by atoms with Gasteiger partial charge in [-0.3, -0.25) is 0 Å². The van der Waals surface area contributed by atoms with Crippen molar-refractivity contribution in [2.75, 3.05) is 6.61 Å². The van der Waals surface area contributed by atoms with Crippen LogP contribution in [0.4, 0.5) is 4.39 Å². The predicted octanol–water partition coefficient (Wildman–Crippen LogP) is 4.64. The predicted molar refractivity (Wildman–Crippen MR) is 80.9 cm³/mol. The van der Waals surface area contributed by atoms with E-state index < -0.39 is 11.9 Å². The van der Waals surface area contributed by atoms with Gasteiger partial charge in [0, 0.05) is 12.2 Å². The van der Waals surface area contributed by atoms with Gasteiger partial charge in [0.2, 0.25) is 0 Å². The second-order valence-electron chi connectivity index (χ2n) is 6.43. The number of halogens is 2. The van der Waals surface area contributed by atoms with Crippen LogP contribution in [-0.2, 0) is 4.74 Å². The summed E-state index contributed by atoms with van der Waals surface area (Å²) >= 11 is 6.02. The molecule has 2 aliphatic rings. The Bertz CT molecular complexity index is 494. The Kier molecular flexibility index (Phi) is 4.53. The highest BCUT2D eigenvalue weighted by Gasteiger charge is 2.41. The first-order valence-corrected chi connectivity index (χ1v) is 8.25. The van der Waals surface area contributed by atoms with E-state index in [1.807, 2.05) is 0 Å². The fourth-order valence-corrected chi connectivity index (χ4v) is 4.12. The molecule has 2 fully saturated rings. The van der Waals surface area contributed by atoms with Crippen LogP contribution in [0.15, 0.2) is 18.2 Å². The molecule has 1 saturated heterocycles. The molecule has 1 aliphatic heterocycles. The highest BCUT2D eigenvalue weighted by molar-refractivity contribution is 6.31. The quantitative estimate of drug-likeness (QED) is 0.862. The summed E-state index contributed by atoms with van der Waals surface area (Å²) in [6, 6.07) is 4.65. The van der Waals surface area contributed by atoms with E-state index in [0.29, 0.717) is 12.2 Å². The fraction of sp³-hybridized carbons (Fsp3) is 0.647. The van der Waals surface area contributed by atoms with Gasteiger partial charge in [-0.15, -0.1) is 0 Å². The summed E-state index contributed by atoms with van der Waals surface area (Å²) < 4.78 is 19.6. The molecule has 0 aromatic heterocycles. The lowest BCUT2D eigenvalue weighted by atomic mass is 9.74. The molecule has 2 unspecified atom stereocenters. The number of hydrogen-bond donors (Lipinski definition) is 1. The summed E-state index contributed by atoms with van der Waals surface area (Å²) in [7, 11) is 0. The minimum absolute atomic E-state index is 0.0502. The molecule has 0 amide bonds. The summed E-state index contributed by atoms with van der Waals surface area (Å²) in [6.07, 6.45) is 6.76. The normalized spacial score (nSPS) is 26.7. The van der Waals surface area contributed by atoms with Crippen molar-refractivity contribution in [3.05, 3.63) is 34.6 Å². The average molecular weight is 313 g/mol. The third-order valence-electron chi connectivity index (χ3n) is 5.04. The van der Waals surface area contributed by atoms with Crippen molar-refractivity contribution in [1.82, 2.24) is 0 Å². The van der Waals surface area contributed by atoms with Gasteiger partial charge in [0.25, 0.3) is 0 Å². The lowest BCUT2D eigenvalue weighted by Crippen LogP contribution is -2.42. The monoisotopic (exact) mass is 312 g/mol. The van der Waals surface area contributed by atoms with Crippen molar-refractivity contribution >= 4 is 11.6 Å². The van der Waals surface area contributed by atoms with Crippen LogP contribution in [0.25, 0.3) is 0 Å². The third-order valence-corrected chi connectivity index (χ3v) is 5.44. The molecule has 0 bridgehead atoms. The zero-order valence-corrected chi connectivity index (χ0v) is 12.9. The first-order chi connectivity index (χ1) is 10.1. The van der Waals surface area contributed by atoms with Crippen molar-refractivity contribution in [3.8, 4) is 0 Å². The van der Waals surface area contributed by atoms with E-state index in [1.165, 1.54) is 25.3 Å². The summed E-state index contributed by atoms with van der Waals surface area (Å²) in [5.74, 6) is -0.371. The van der Waals surface area contributed by atoms with E-state index in [0.717, 1.165) is 25.7 Å². The Morgan fingerprint density at radius 2 is 2.05 bits per heavy atom. The molecular weight excluding hydrogens is 291 g/mol. The summed E-state index contributed by atoms with van der Waals surface area (Å²) in [5.41, 5.74) is 0.441. The first kappa shape index (κ1) is 15.3. The van der Waals surface area contributed by atoms with E-state index in [4.69, 9.17) is 16.3 Å². The lowest BCUT2D eigenvalue weighted by Gasteiger charge is -2.44. The molecular formula is C17H22ClFO2. The van der Waals surface area contributed by atoms with Crippen molar-refractivity contribution in [1.29, 1.82) is 0 Å². The molecule has 0 radical (unpaired) electrons. The van der Waals surface area contributed by atoms with E-state index in [-0.39, 0.29) is 16.5 Å². The van der Waals surface area contributed by atoms with Gasteiger partial charge >= 0.3 is 0 Å². The van der Waals surface area contributed by atoms with Crippen molar-refractivity contribution in [2.24, 2.45) is 5.92 Å². The summed E-state index contributed by atoms with van der Waals surface area (Å²) in [6.45, 7) is 0.675. The zero-order chi connectivity index (χ0) is 14.9. The number of aliphatic hydroxyl groups excluding tert-OH is 1. The molecule has 21 heavy (non-hydrogen) atoms. The number of aliphatic hydroxyl groups is 1. The fourth-order valence-electron chi connectivity index (χ4n) is 3.88. The summed E-state index contributed by atoms with van der Waals surface area (Å²) in [4.78, 5) is 0. The van der Waals surface area contributed by atoms with Gasteiger partial charge in [0.05, 0.1) is 16.7 Å². The SMILES string of the molecule is OC(c1cccc(F)c1Cl)C1CCOC2(CCCCC2)C1. The molecule has 1 aromatic rings. The van der Waals surface area contributed by atoms with E-state index >= 15 is 0 Å². The van der Waals surface area contributed by atoms with E-state index in [9.17, 15) is 9.50 Å². The maximum Gasteiger partial charge on any atom is 0.142 e. The Hall–Kier alpha value is -0.640. The molecule has 2 nitrogen and oxygen atoms in total. The van der Waals surface area contributed by atoms with Gasteiger partial charge in [-0.05, 0) is 37.7 Å². The molecule has 1 aromatic carbocycles. The Labute approximate surface area is 130 Å². The lowest BCUT2D eigenvalue weighted by molar-refractivity contribution is -0.134. The van der Waals surface area contributed by atoms with Crippen LogP contribution in [0.5, 0.6) is 0 Å². The van der Waals surface area contributed by atoms with Crippen molar-refractivity contribution < 1.29 is 14.2 Å². The second-order valence-corrected chi connectivity index (χ2v) is 6.81. The van der Waals surface area contributed by atoms with Gasteiger partial charge < -0.3 is 9.84 Å². The highest BCUT2D eigenvalue weighted by Crippen LogP contribution is 2.45. The Morgan fingerprint density at radius 3 is 2.81 bits per heavy atom. The molecule has 2 atom stereocenters. The van der Waals surface area contributed by atoms with Crippen molar-refractivity contribution in [3.63, 3.8) is 0 Å². The number of ether oxygens (including phenoxy) is 1.